The molecule has 0 radical (unpaired) electrons. The number of piperazine rings is 1. The van der Waals surface area contributed by atoms with Crippen LogP contribution >= 0.6 is 0 Å². The number of nitriles is 1. The van der Waals surface area contributed by atoms with Gasteiger partial charge in [0.1, 0.15) is 34.7 Å². The molecule has 0 unspecified atom stereocenters. The fourth-order valence-corrected chi connectivity index (χ4v) is 4.02. The van der Waals surface area contributed by atoms with Crippen LogP contribution in [0.1, 0.15) is 37.0 Å². The summed E-state index contributed by atoms with van der Waals surface area (Å²) >= 11 is 0. The van der Waals surface area contributed by atoms with E-state index in [-0.39, 0.29) is 11.9 Å². The number of hydrogen-bond acceptors (Lipinski definition) is 9. The van der Waals surface area contributed by atoms with E-state index < -0.39 is 12.3 Å². The Balaban J connectivity index is 1.51. The summed E-state index contributed by atoms with van der Waals surface area (Å²) in [6, 6.07) is 6.97. The number of ether oxygens (including phenoxy) is 3. The van der Waals surface area contributed by atoms with Crippen LogP contribution in [0.2, 0.25) is 0 Å². The Bertz CT molecular complexity index is 1110. The van der Waals surface area contributed by atoms with Crippen molar-refractivity contribution in [2.75, 3.05) is 63.7 Å². The Kier molecular flexibility index (Phi) is 8.32. The Morgan fingerprint density at radius 2 is 2.00 bits per heavy atom. The van der Waals surface area contributed by atoms with Crippen LogP contribution in [-0.2, 0) is 16.0 Å². The highest BCUT2D eigenvalue weighted by Gasteiger charge is 2.26. The molecule has 0 aliphatic carbocycles. The first kappa shape index (κ1) is 25.8. The number of carbonyl (C=O) groups excluding carboxylic acids is 1. The van der Waals surface area contributed by atoms with Crippen molar-refractivity contribution in [3.05, 3.63) is 41.2 Å². The number of nitrogens with zero attached hydrogens (tertiary/aromatic N) is 6. The summed E-state index contributed by atoms with van der Waals surface area (Å²) in [6.07, 6.45) is 0.698. The summed E-state index contributed by atoms with van der Waals surface area (Å²) in [4.78, 5) is 28.1. The molecular weight excluding hydrogens is 462 g/mol. The summed E-state index contributed by atoms with van der Waals surface area (Å²) in [5.74, 6) is 1.09. The van der Waals surface area contributed by atoms with Crippen LogP contribution in [0.25, 0.3) is 0 Å². The number of carbonyl (C=O) groups is 1. The molecule has 11 heteroatoms. The van der Waals surface area contributed by atoms with Gasteiger partial charge in [0.2, 0.25) is 6.29 Å². The van der Waals surface area contributed by atoms with Crippen molar-refractivity contribution < 1.29 is 19.0 Å². The van der Waals surface area contributed by atoms with Gasteiger partial charge >= 0.3 is 6.03 Å². The third-order valence-corrected chi connectivity index (χ3v) is 6.06. The Morgan fingerprint density at radius 3 is 2.67 bits per heavy atom. The highest BCUT2D eigenvalue weighted by atomic mass is 16.7. The van der Waals surface area contributed by atoms with Gasteiger partial charge in [0.15, 0.2) is 0 Å². The highest BCUT2D eigenvalue weighted by molar-refractivity contribution is 6.00. The largest absolute Gasteiger partial charge is 0.489 e. The van der Waals surface area contributed by atoms with E-state index in [1.54, 1.807) is 13.1 Å². The van der Waals surface area contributed by atoms with E-state index in [2.05, 4.69) is 27.1 Å². The molecule has 2 aliphatic heterocycles. The number of hydrogen-bond donors (Lipinski definition) is 1. The number of pyridine rings is 2. The standard InChI is InChI=1S/C25H33N7O4/c1-17(2)36-20-13-21(27-15-19(20)14-26)28-25(33)31(4)22-6-5-18(16-32-9-7-30(3)8-10-32)23(29-22)24-34-11-12-35-24/h5-6,13,15,17,24H,7-12,16H2,1-4H3,(H,27,28,33). The van der Waals surface area contributed by atoms with Gasteiger partial charge in [-0.1, -0.05) is 6.07 Å². The zero-order valence-electron chi connectivity index (χ0n) is 21.2. The number of anilines is 2. The van der Waals surface area contributed by atoms with Gasteiger partial charge in [0.05, 0.1) is 25.5 Å². The molecule has 2 amide bonds. The minimum absolute atomic E-state index is 0.127. The third kappa shape index (κ3) is 6.27. The quantitative estimate of drug-likeness (QED) is 0.619. The highest BCUT2D eigenvalue weighted by Crippen LogP contribution is 2.28. The Labute approximate surface area is 211 Å². The molecule has 0 spiro atoms. The lowest BCUT2D eigenvalue weighted by Crippen LogP contribution is -2.44. The topological polar surface area (TPSA) is 116 Å². The molecule has 4 rings (SSSR count). The smallest absolute Gasteiger partial charge is 0.328 e. The fraction of sp³-hybridized carbons (Fsp3) is 0.520. The number of urea groups is 1. The molecule has 36 heavy (non-hydrogen) atoms. The minimum atomic E-state index is -0.556. The van der Waals surface area contributed by atoms with Gasteiger partial charge in [-0.2, -0.15) is 5.26 Å². The van der Waals surface area contributed by atoms with Crippen molar-refractivity contribution in [1.29, 1.82) is 5.26 Å². The summed E-state index contributed by atoms with van der Waals surface area (Å²) in [7, 11) is 3.76. The third-order valence-electron chi connectivity index (χ3n) is 6.06. The van der Waals surface area contributed by atoms with Crippen LogP contribution in [0, 0.1) is 11.3 Å². The van der Waals surface area contributed by atoms with Crippen LogP contribution in [0.3, 0.4) is 0 Å². The van der Waals surface area contributed by atoms with E-state index in [0.29, 0.717) is 36.0 Å². The lowest BCUT2D eigenvalue weighted by Gasteiger charge is -2.33. The maximum Gasteiger partial charge on any atom is 0.328 e. The summed E-state index contributed by atoms with van der Waals surface area (Å²) in [5.41, 5.74) is 2.01. The molecule has 0 aromatic carbocycles. The number of likely N-dealkylation sites (N-methyl/N-ethyl adjacent to an activating group) is 1. The summed E-state index contributed by atoms with van der Waals surface area (Å²) in [5, 5.41) is 12.0. The average molecular weight is 496 g/mol. The molecule has 2 aromatic rings. The molecule has 2 fully saturated rings. The first-order valence-corrected chi connectivity index (χ1v) is 12.1. The van der Waals surface area contributed by atoms with Crippen molar-refractivity contribution >= 4 is 17.7 Å². The molecule has 11 nitrogen and oxygen atoms in total. The maximum absolute atomic E-state index is 13.0. The average Bonchev–Trinajstić information content (AvgIpc) is 3.40. The van der Waals surface area contributed by atoms with Crippen LogP contribution in [-0.4, -0.2) is 85.4 Å². The van der Waals surface area contributed by atoms with Crippen LogP contribution in [0.5, 0.6) is 5.75 Å². The molecule has 4 heterocycles. The van der Waals surface area contributed by atoms with Gasteiger partial charge in [-0.15, -0.1) is 0 Å². The first-order chi connectivity index (χ1) is 17.3. The van der Waals surface area contributed by atoms with Gasteiger partial charge in [-0.05, 0) is 32.5 Å². The predicted molar refractivity (Wildman–Crippen MR) is 134 cm³/mol. The van der Waals surface area contributed by atoms with Crippen molar-refractivity contribution in [3.63, 3.8) is 0 Å². The molecule has 0 atom stereocenters. The lowest BCUT2D eigenvalue weighted by atomic mass is 10.1. The van der Waals surface area contributed by atoms with Crippen LogP contribution in [0.4, 0.5) is 16.4 Å². The SMILES string of the molecule is CC(C)Oc1cc(NC(=O)N(C)c2ccc(CN3CCN(C)CC3)c(C3OCCO3)n2)ncc1C#N. The van der Waals surface area contributed by atoms with E-state index >= 15 is 0 Å². The van der Waals surface area contributed by atoms with Gasteiger partial charge < -0.3 is 19.1 Å². The second-order valence-corrected chi connectivity index (χ2v) is 9.20. The lowest BCUT2D eigenvalue weighted by molar-refractivity contribution is -0.0483. The molecule has 2 aromatic heterocycles. The molecule has 2 aliphatic rings. The summed E-state index contributed by atoms with van der Waals surface area (Å²) < 4.78 is 17.2. The Hall–Kier alpha value is -3.30. The number of amides is 2. The monoisotopic (exact) mass is 495 g/mol. The summed E-state index contributed by atoms with van der Waals surface area (Å²) in [6.45, 7) is 9.48. The first-order valence-electron chi connectivity index (χ1n) is 12.1. The van der Waals surface area contributed by atoms with E-state index in [4.69, 9.17) is 19.2 Å². The molecule has 0 saturated carbocycles. The molecule has 2 saturated heterocycles. The van der Waals surface area contributed by atoms with Crippen LogP contribution < -0.4 is 15.0 Å². The van der Waals surface area contributed by atoms with Gasteiger partial charge in [-0.25, -0.2) is 14.8 Å². The second-order valence-electron chi connectivity index (χ2n) is 9.20. The second kappa shape index (κ2) is 11.6. The minimum Gasteiger partial charge on any atom is -0.489 e. The zero-order chi connectivity index (χ0) is 25.7. The number of rotatable bonds is 7. The van der Waals surface area contributed by atoms with E-state index in [9.17, 15) is 10.1 Å². The molecular formula is C25H33N7O4. The van der Waals surface area contributed by atoms with Crippen LogP contribution in [0.15, 0.2) is 24.4 Å². The number of aromatic nitrogens is 2. The van der Waals surface area contributed by atoms with Crippen molar-refractivity contribution in [3.8, 4) is 11.8 Å². The van der Waals surface area contributed by atoms with E-state index in [1.807, 2.05) is 32.0 Å². The zero-order valence-corrected chi connectivity index (χ0v) is 21.2. The predicted octanol–water partition coefficient (Wildman–Crippen LogP) is 2.60. The van der Waals surface area contributed by atoms with E-state index in [1.165, 1.54) is 11.1 Å². The molecule has 192 valence electrons. The van der Waals surface area contributed by atoms with Crippen molar-refractivity contribution in [2.45, 2.75) is 32.8 Å². The Morgan fingerprint density at radius 1 is 1.28 bits per heavy atom. The number of nitrogens with one attached hydrogen (secondary N) is 1. The fourth-order valence-electron chi connectivity index (χ4n) is 4.02. The van der Waals surface area contributed by atoms with Gasteiger partial charge in [-0.3, -0.25) is 15.1 Å². The van der Waals surface area contributed by atoms with E-state index in [0.717, 1.165) is 38.3 Å². The van der Waals surface area contributed by atoms with Crippen molar-refractivity contribution in [2.24, 2.45) is 0 Å². The molecule has 1 N–H and O–H groups in total. The maximum atomic E-state index is 13.0. The van der Waals surface area contributed by atoms with Crippen molar-refractivity contribution in [1.82, 2.24) is 19.8 Å². The van der Waals surface area contributed by atoms with Gasteiger partial charge in [0, 0.05) is 45.8 Å². The molecule has 0 bridgehead atoms. The van der Waals surface area contributed by atoms with Gasteiger partial charge in [0.25, 0.3) is 0 Å². The normalized spacial score (nSPS) is 17.2.